The smallest absolute Gasteiger partial charge is 0.263 e. The van der Waals surface area contributed by atoms with Crippen LogP contribution in [0, 0.1) is 26.2 Å². The van der Waals surface area contributed by atoms with E-state index in [1.165, 1.54) is 11.3 Å². The molecule has 0 aliphatic heterocycles. The zero-order chi connectivity index (χ0) is 19.6. The van der Waals surface area contributed by atoms with Crippen molar-refractivity contribution in [2.24, 2.45) is 0 Å². The van der Waals surface area contributed by atoms with Crippen LogP contribution >= 0.6 is 11.3 Å². The number of nitrogens with zero attached hydrogens (tertiary/aromatic N) is 2. The van der Waals surface area contributed by atoms with Gasteiger partial charge in [-0.05, 0) is 37.1 Å². The standard InChI is InChI=1S/C21H22N2O3S/c1-6-10-23-17(9-11-25-4)22-20-19(21(23)24)18(14(3)27-20)15-7-8-16(26-5)13(2)12-15/h1,7-8,12H,9-11H2,2-5H3. The average molecular weight is 382 g/mol. The number of hydrogen-bond acceptors (Lipinski definition) is 5. The Morgan fingerprint density at radius 1 is 1.30 bits per heavy atom. The van der Waals surface area contributed by atoms with Crippen molar-refractivity contribution in [3.8, 4) is 29.2 Å². The fourth-order valence-corrected chi connectivity index (χ4v) is 4.31. The van der Waals surface area contributed by atoms with Crippen LogP contribution in [0.1, 0.15) is 16.3 Å². The van der Waals surface area contributed by atoms with E-state index >= 15 is 0 Å². The molecule has 0 unspecified atom stereocenters. The van der Waals surface area contributed by atoms with Gasteiger partial charge in [-0.25, -0.2) is 4.98 Å². The minimum absolute atomic E-state index is 0.100. The van der Waals surface area contributed by atoms with Crippen LogP contribution < -0.4 is 10.3 Å². The summed E-state index contributed by atoms with van der Waals surface area (Å²) < 4.78 is 12.1. The van der Waals surface area contributed by atoms with Gasteiger partial charge in [-0.15, -0.1) is 17.8 Å². The number of fused-ring (bicyclic) bond motifs is 1. The molecule has 27 heavy (non-hydrogen) atoms. The zero-order valence-electron chi connectivity index (χ0n) is 16.0. The van der Waals surface area contributed by atoms with Crippen molar-refractivity contribution < 1.29 is 9.47 Å². The number of thiophene rings is 1. The van der Waals surface area contributed by atoms with Crippen LogP contribution in [0.2, 0.25) is 0 Å². The van der Waals surface area contributed by atoms with Crippen LogP contribution in [0.3, 0.4) is 0 Å². The Bertz CT molecular complexity index is 1090. The number of hydrogen-bond donors (Lipinski definition) is 0. The second-order valence-corrected chi connectivity index (χ2v) is 7.47. The van der Waals surface area contributed by atoms with Crippen LogP contribution in [0.25, 0.3) is 21.3 Å². The molecule has 0 saturated carbocycles. The van der Waals surface area contributed by atoms with E-state index in [0.29, 0.717) is 24.2 Å². The number of rotatable bonds is 6. The lowest BCUT2D eigenvalue weighted by Crippen LogP contribution is -2.25. The van der Waals surface area contributed by atoms with Gasteiger partial charge >= 0.3 is 0 Å². The number of aromatic nitrogens is 2. The molecule has 140 valence electrons. The van der Waals surface area contributed by atoms with E-state index in [0.717, 1.165) is 32.1 Å². The van der Waals surface area contributed by atoms with Crippen molar-refractivity contribution in [3.63, 3.8) is 0 Å². The first-order chi connectivity index (χ1) is 13.0. The summed E-state index contributed by atoms with van der Waals surface area (Å²) in [4.78, 5) is 19.8. The van der Waals surface area contributed by atoms with E-state index in [1.807, 2.05) is 32.0 Å². The van der Waals surface area contributed by atoms with Gasteiger partial charge < -0.3 is 9.47 Å². The van der Waals surface area contributed by atoms with Crippen LogP contribution in [0.5, 0.6) is 5.75 Å². The number of methoxy groups -OCH3 is 2. The van der Waals surface area contributed by atoms with E-state index in [9.17, 15) is 4.79 Å². The topological polar surface area (TPSA) is 53.4 Å². The zero-order valence-corrected chi connectivity index (χ0v) is 16.8. The van der Waals surface area contributed by atoms with Gasteiger partial charge in [-0.2, -0.15) is 0 Å². The van der Waals surface area contributed by atoms with Crippen molar-refractivity contribution in [2.75, 3.05) is 20.8 Å². The molecule has 6 heteroatoms. The summed E-state index contributed by atoms with van der Waals surface area (Å²) >= 11 is 1.53. The molecule has 5 nitrogen and oxygen atoms in total. The number of terminal acetylenes is 1. The molecule has 0 atom stereocenters. The van der Waals surface area contributed by atoms with Crippen molar-refractivity contribution in [1.29, 1.82) is 0 Å². The lowest BCUT2D eigenvalue weighted by atomic mass is 10.0. The monoisotopic (exact) mass is 382 g/mol. The number of ether oxygens (including phenoxy) is 2. The van der Waals surface area contributed by atoms with E-state index in [-0.39, 0.29) is 12.1 Å². The summed E-state index contributed by atoms with van der Waals surface area (Å²) in [5, 5.41) is 0.624. The Kier molecular flexibility index (Phi) is 5.64. The van der Waals surface area contributed by atoms with Gasteiger partial charge in [0.05, 0.1) is 25.6 Å². The third-order valence-electron chi connectivity index (χ3n) is 4.53. The molecular weight excluding hydrogens is 360 g/mol. The first-order valence-corrected chi connectivity index (χ1v) is 9.43. The van der Waals surface area contributed by atoms with Crippen LogP contribution in [-0.4, -0.2) is 30.4 Å². The largest absolute Gasteiger partial charge is 0.496 e. The molecule has 2 aromatic heterocycles. The molecule has 0 N–H and O–H groups in total. The molecule has 0 bridgehead atoms. The molecule has 0 fully saturated rings. The van der Waals surface area contributed by atoms with Crippen molar-refractivity contribution >= 4 is 21.6 Å². The van der Waals surface area contributed by atoms with Crippen LogP contribution in [-0.2, 0) is 17.7 Å². The maximum absolute atomic E-state index is 13.3. The number of benzene rings is 1. The van der Waals surface area contributed by atoms with Crippen molar-refractivity contribution in [1.82, 2.24) is 9.55 Å². The molecule has 0 amide bonds. The van der Waals surface area contributed by atoms with E-state index in [2.05, 4.69) is 5.92 Å². The maximum atomic E-state index is 13.3. The highest BCUT2D eigenvalue weighted by Gasteiger charge is 2.20. The molecule has 2 heterocycles. The molecule has 3 rings (SSSR count). The van der Waals surface area contributed by atoms with Gasteiger partial charge in [-0.3, -0.25) is 9.36 Å². The average Bonchev–Trinajstić information content (AvgIpc) is 2.98. The third kappa shape index (κ3) is 3.48. The lowest BCUT2D eigenvalue weighted by molar-refractivity contribution is 0.199. The summed E-state index contributed by atoms with van der Waals surface area (Å²) in [6.07, 6.45) is 6.04. The van der Waals surface area contributed by atoms with E-state index < -0.39 is 0 Å². The Morgan fingerprint density at radius 2 is 2.07 bits per heavy atom. The van der Waals surface area contributed by atoms with Crippen molar-refractivity contribution in [2.45, 2.75) is 26.8 Å². The molecule has 0 radical (unpaired) electrons. The lowest BCUT2D eigenvalue weighted by Gasteiger charge is -2.11. The molecule has 0 saturated heterocycles. The molecule has 0 aliphatic rings. The quantitative estimate of drug-likeness (QED) is 0.612. The van der Waals surface area contributed by atoms with Gasteiger partial charge in [-0.1, -0.05) is 12.0 Å². The van der Waals surface area contributed by atoms with Crippen molar-refractivity contribution in [3.05, 3.63) is 44.8 Å². The fourth-order valence-electron chi connectivity index (χ4n) is 3.26. The Labute approximate surface area is 162 Å². The molecule has 1 aromatic carbocycles. The fraction of sp³-hybridized carbons (Fsp3) is 0.333. The summed E-state index contributed by atoms with van der Waals surface area (Å²) in [5.41, 5.74) is 2.81. The predicted molar refractivity (Wildman–Crippen MR) is 110 cm³/mol. The molecule has 0 aliphatic carbocycles. The Balaban J connectivity index is 2.28. The number of aryl methyl sites for hydroxylation is 2. The van der Waals surface area contributed by atoms with Crippen LogP contribution in [0.15, 0.2) is 23.0 Å². The van der Waals surface area contributed by atoms with Gasteiger partial charge in [0, 0.05) is 24.0 Å². The Hall–Kier alpha value is -2.62. The van der Waals surface area contributed by atoms with Gasteiger partial charge in [0.1, 0.15) is 16.4 Å². The summed E-state index contributed by atoms with van der Waals surface area (Å²) in [6, 6.07) is 5.94. The third-order valence-corrected chi connectivity index (χ3v) is 5.53. The maximum Gasteiger partial charge on any atom is 0.263 e. The second kappa shape index (κ2) is 7.95. The first kappa shape index (κ1) is 19.2. The minimum atomic E-state index is -0.100. The van der Waals surface area contributed by atoms with Crippen LogP contribution in [0.4, 0.5) is 0 Å². The van der Waals surface area contributed by atoms with Gasteiger partial charge in [0.2, 0.25) is 0 Å². The SMILES string of the molecule is C#CCn1c(CCOC)nc2sc(C)c(-c3ccc(OC)c(C)c3)c2c1=O. The predicted octanol–water partition coefficient (Wildman–Crippen LogP) is 3.57. The molecule has 3 aromatic rings. The van der Waals surface area contributed by atoms with Gasteiger partial charge in [0.15, 0.2) is 0 Å². The highest BCUT2D eigenvalue weighted by atomic mass is 32.1. The van der Waals surface area contributed by atoms with E-state index in [1.54, 1.807) is 18.8 Å². The highest BCUT2D eigenvalue weighted by molar-refractivity contribution is 7.19. The molecular formula is C21H22N2O3S. The highest BCUT2D eigenvalue weighted by Crippen LogP contribution is 2.37. The summed E-state index contributed by atoms with van der Waals surface area (Å²) in [7, 11) is 3.28. The minimum Gasteiger partial charge on any atom is -0.496 e. The Morgan fingerprint density at radius 3 is 2.70 bits per heavy atom. The first-order valence-electron chi connectivity index (χ1n) is 8.62. The normalized spacial score (nSPS) is 10.9. The summed E-state index contributed by atoms with van der Waals surface area (Å²) in [5.74, 6) is 4.04. The molecule has 0 spiro atoms. The summed E-state index contributed by atoms with van der Waals surface area (Å²) in [6.45, 7) is 4.68. The van der Waals surface area contributed by atoms with E-state index in [4.69, 9.17) is 20.9 Å². The second-order valence-electron chi connectivity index (χ2n) is 6.26. The van der Waals surface area contributed by atoms with Gasteiger partial charge in [0.25, 0.3) is 5.56 Å².